The average Bonchev–Trinajstić information content (AvgIpc) is 2.15. The fraction of sp³-hybridized carbons (Fsp3) is 0.400. The smallest absolute Gasteiger partial charge is 0.119 e. The highest BCUT2D eigenvalue weighted by Crippen LogP contribution is 2.20. The number of imidazole rings is 1. The van der Waals surface area contributed by atoms with Crippen molar-refractivity contribution >= 4 is 11.8 Å². The summed E-state index contributed by atoms with van der Waals surface area (Å²) in [7, 11) is 0. The quantitative estimate of drug-likeness (QED) is 0.518. The van der Waals surface area contributed by atoms with Crippen LogP contribution in [0.4, 0.5) is 0 Å². The molecule has 0 aromatic carbocycles. The molecule has 0 N–H and O–H groups in total. The maximum absolute atomic E-state index is 4.14. The predicted molar refractivity (Wildman–Crippen MR) is 33.5 cm³/mol. The van der Waals surface area contributed by atoms with E-state index in [0.717, 1.165) is 11.6 Å². The fourth-order valence-electron chi connectivity index (χ4n) is 0.833. The fourth-order valence-corrected chi connectivity index (χ4v) is 1.78. The molecule has 2 rings (SSSR count). The minimum absolute atomic E-state index is 1.09. The van der Waals surface area contributed by atoms with Crippen LogP contribution in [0.3, 0.4) is 0 Å². The zero-order valence-corrected chi connectivity index (χ0v) is 5.19. The predicted octanol–water partition coefficient (Wildman–Crippen LogP) is 1.09. The van der Waals surface area contributed by atoms with Gasteiger partial charge in [0.05, 0.1) is 11.6 Å². The van der Waals surface area contributed by atoms with Gasteiger partial charge in [-0.2, -0.15) is 0 Å². The number of hydrogen-bond acceptors (Lipinski definition) is 2. The molecule has 0 unspecified atom stereocenters. The summed E-state index contributed by atoms with van der Waals surface area (Å²) in [5.41, 5.74) is 0. The van der Waals surface area contributed by atoms with E-state index in [1.807, 2.05) is 24.2 Å². The van der Waals surface area contributed by atoms with Crippen LogP contribution in [0.1, 0.15) is 5.82 Å². The molecule has 0 aliphatic carbocycles. The lowest BCUT2D eigenvalue weighted by molar-refractivity contribution is 0.866. The van der Waals surface area contributed by atoms with Crippen molar-refractivity contribution in [2.24, 2.45) is 0 Å². The van der Waals surface area contributed by atoms with Crippen LogP contribution in [-0.4, -0.2) is 9.55 Å². The van der Waals surface area contributed by atoms with Crippen LogP contribution in [0.25, 0.3) is 0 Å². The Kier molecular flexibility index (Phi) is 0.842. The second-order valence-corrected chi connectivity index (χ2v) is 2.75. The number of hydrogen-bond donors (Lipinski definition) is 0. The molecule has 0 amide bonds. The van der Waals surface area contributed by atoms with E-state index in [1.54, 1.807) is 0 Å². The van der Waals surface area contributed by atoms with E-state index in [0.29, 0.717) is 0 Å². The maximum atomic E-state index is 4.14. The topological polar surface area (TPSA) is 17.8 Å². The van der Waals surface area contributed by atoms with Crippen molar-refractivity contribution in [3.63, 3.8) is 0 Å². The lowest BCUT2D eigenvalue weighted by atomic mass is 10.7. The third kappa shape index (κ3) is 0.478. The first-order valence-electron chi connectivity index (χ1n) is 2.54. The summed E-state index contributed by atoms with van der Waals surface area (Å²) in [6.45, 7) is 0. The van der Waals surface area contributed by atoms with Gasteiger partial charge in [0.2, 0.25) is 0 Å². The van der Waals surface area contributed by atoms with Crippen LogP contribution in [0.2, 0.25) is 0 Å². The van der Waals surface area contributed by atoms with E-state index in [1.165, 1.54) is 5.82 Å². The van der Waals surface area contributed by atoms with Crippen molar-refractivity contribution in [2.45, 2.75) is 11.6 Å². The zero-order valence-electron chi connectivity index (χ0n) is 4.37. The normalized spacial score (nSPS) is 16.5. The SMILES string of the molecule is c1cn2c(n1)CSC2. The van der Waals surface area contributed by atoms with Crippen molar-refractivity contribution in [3.8, 4) is 0 Å². The first kappa shape index (κ1) is 4.44. The summed E-state index contributed by atoms with van der Waals surface area (Å²) in [6, 6.07) is 0. The van der Waals surface area contributed by atoms with E-state index in [2.05, 4.69) is 9.55 Å². The van der Waals surface area contributed by atoms with E-state index < -0.39 is 0 Å². The number of nitrogens with zero attached hydrogens (tertiary/aromatic N) is 2. The Morgan fingerprint density at radius 2 is 2.75 bits per heavy atom. The Morgan fingerprint density at radius 3 is 3.62 bits per heavy atom. The number of thioether (sulfide) groups is 1. The summed E-state index contributed by atoms with van der Waals surface area (Å²) >= 11 is 1.91. The Morgan fingerprint density at radius 1 is 1.75 bits per heavy atom. The number of fused-ring (bicyclic) bond motifs is 1. The molecule has 1 aliphatic heterocycles. The molecule has 8 heavy (non-hydrogen) atoms. The lowest BCUT2D eigenvalue weighted by Gasteiger charge is -1.86. The third-order valence-corrected chi connectivity index (χ3v) is 2.19. The highest BCUT2D eigenvalue weighted by Gasteiger charge is 2.08. The Balaban J connectivity index is 2.54. The highest BCUT2D eigenvalue weighted by molar-refractivity contribution is 7.97. The molecule has 1 aliphatic rings. The van der Waals surface area contributed by atoms with Gasteiger partial charge in [0.1, 0.15) is 5.82 Å². The minimum Gasteiger partial charge on any atom is -0.324 e. The molecular weight excluding hydrogens is 120 g/mol. The molecule has 42 valence electrons. The summed E-state index contributed by atoms with van der Waals surface area (Å²) in [4.78, 5) is 4.14. The van der Waals surface area contributed by atoms with E-state index >= 15 is 0 Å². The van der Waals surface area contributed by atoms with Gasteiger partial charge < -0.3 is 4.57 Å². The van der Waals surface area contributed by atoms with Crippen molar-refractivity contribution in [3.05, 3.63) is 18.2 Å². The standard InChI is InChI=1S/C5H6N2S/c1-2-7-4-8-3-5(7)6-1/h1-2H,3-4H2. The van der Waals surface area contributed by atoms with Gasteiger partial charge in [-0.15, -0.1) is 11.8 Å². The van der Waals surface area contributed by atoms with Gasteiger partial charge in [0.25, 0.3) is 0 Å². The minimum atomic E-state index is 1.09. The molecular formula is C5H6N2S. The first-order valence-corrected chi connectivity index (χ1v) is 3.70. The van der Waals surface area contributed by atoms with Gasteiger partial charge >= 0.3 is 0 Å². The zero-order chi connectivity index (χ0) is 5.40. The largest absolute Gasteiger partial charge is 0.324 e. The van der Waals surface area contributed by atoms with E-state index in [4.69, 9.17) is 0 Å². The van der Waals surface area contributed by atoms with Crippen LogP contribution >= 0.6 is 11.8 Å². The second-order valence-electron chi connectivity index (χ2n) is 1.79. The Labute approximate surface area is 51.9 Å². The van der Waals surface area contributed by atoms with Crippen molar-refractivity contribution in [1.29, 1.82) is 0 Å². The van der Waals surface area contributed by atoms with Crippen molar-refractivity contribution in [1.82, 2.24) is 9.55 Å². The highest BCUT2D eigenvalue weighted by atomic mass is 32.2. The molecule has 0 atom stereocenters. The van der Waals surface area contributed by atoms with Gasteiger partial charge in [0, 0.05) is 12.4 Å². The molecule has 0 spiro atoms. The van der Waals surface area contributed by atoms with Gasteiger partial charge in [-0.1, -0.05) is 0 Å². The molecule has 0 saturated heterocycles. The van der Waals surface area contributed by atoms with E-state index in [-0.39, 0.29) is 0 Å². The molecule has 3 heteroatoms. The molecule has 0 radical (unpaired) electrons. The summed E-state index contributed by atoms with van der Waals surface area (Å²) < 4.78 is 2.17. The molecule has 0 saturated carbocycles. The Bertz CT molecular complexity index is 176. The van der Waals surface area contributed by atoms with Crippen LogP contribution in [0.15, 0.2) is 12.4 Å². The van der Waals surface area contributed by atoms with Crippen LogP contribution in [-0.2, 0) is 11.6 Å². The van der Waals surface area contributed by atoms with Gasteiger partial charge in [0.15, 0.2) is 0 Å². The van der Waals surface area contributed by atoms with Gasteiger partial charge in [-0.25, -0.2) is 4.98 Å². The second kappa shape index (κ2) is 1.52. The molecule has 1 aromatic heterocycles. The summed E-state index contributed by atoms with van der Waals surface area (Å²) in [5.74, 6) is 3.40. The van der Waals surface area contributed by atoms with Crippen LogP contribution in [0.5, 0.6) is 0 Å². The van der Waals surface area contributed by atoms with Crippen LogP contribution in [0, 0.1) is 0 Å². The van der Waals surface area contributed by atoms with Crippen molar-refractivity contribution < 1.29 is 0 Å². The maximum Gasteiger partial charge on any atom is 0.119 e. The average molecular weight is 126 g/mol. The molecule has 0 fully saturated rings. The summed E-state index contributed by atoms with van der Waals surface area (Å²) in [5, 5.41) is 0. The lowest BCUT2D eigenvalue weighted by Crippen LogP contribution is -1.87. The van der Waals surface area contributed by atoms with Gasteiger partial charge in [-0.3, -0.25) is 0 Å². The van der Waals surface area contributed by atoms with Gasteiger partial charge in [-0.05, 0) is 0 Å². The first-order chi connectivity index (χ1) is 3.97. The molecule has 0 bridgehead atoms. The third-order valence-electron chi connectivity index (χ3n) is 1.26. The monoisotopic (exact) mass is 126 g/mol. The molecule has 2 nitrogen and oxygen atoms in total. The number of rotatable bonds is 0. The molecule has 1 aromatic rings. The molecule has 2 heterocycles. The number of aromatic nitrogens is 2. The van der Waals surface area contributed by atoms with Crippen molar-refractivity contribution in [2.75, 3.05) is 0 Å². The summed E-state index contributed by atoms with van der Waals surface area (Å²) in [6.07, 6.45) is 3.88. The van der Waals surface area contributed by atoms with Crippen LogP contribution < -0.4 is 0 Å². The van der Waals surface area contributed by atoms with E-state index in [9.17, 15) is 0 Å². The Hall–Kier alpha value is -0.440.